The van der Waals surface area contributed by atoms with E-state index in [9.17, 15) is 9.13 Å². The molecule has 0 amide bonds. The van der Waals surface area contributed by atoms with E-state index in [1.807, 2.05) is 6.92 Å². The van der Waals surface area contributed by atoms with Crippen LogP contribution in [-0.4, -0.2) is 24.4 Å². The molecule has 6 bridgehead atoms. The molecule has 5 aliphatic rings. The molecule has 0 saturated heterocycles. The van der Waals surface area contributed by atoms with Crippen molar-refractivity contribution in [2.45, 2.75) is 25.8 Å². The fraction of sp³-hybridized carbons (Fsp3) is 0.400. The van der Waals surface area contributed by atoms with Gasteiger partial charge in [-0.15, -0.1) is 0 Å². The van der Waals surface area contributed by atoms with Gasteiger partial charge in [0.2, 0.25) is 24.0 Å². The first-order valence-corrected chi connectivity index (χ1v) is 11.8. The lowest BCUT2D eigenvalue weighted by atomic mass is 10.1. The first-order valence-electron chi connectivity index (χ1n) is 8.89. The summed E-state index contributed by atoms with van der Waals surface area (Å²) >= 11 is 0. The maximum atomic E-state index is 12.9. The number of anilines is 1. The largest absolute Gasteiger partial charge is 0.648 e. The number of rotatable bonds is 5. The molecule has 7 rings (SSSR count). The number of ether oxygens (including phenoxy) is 1. The number of hydrogen-bond acceptors (Lipinski definition) is 12. The van der Waals surface area contributed by atoms with Gasteiger partial charge in [-0.05, 0) is 26.3 Å². The zero-order valence-corrected chi connectivity index (χ0v) is 16.8. The van der Waals surface area contributed by atoms with Crippen molar-refractivity contribution in [1.29, 1.82) is 0 Å². The van der Waals surface area contributed by atoms with Crippen molar-refractivity contribution in [3.8, 4) is 34.6 Å². The smallest absolute Gasteiger partial charge is 0.459 e. The van der Waals surface area contributed by atoms with Crippen LogP contribution in [0.15, 0.2) is 0 Å². The summed E-state index contributed by atoms with van der Waals surface area (Å²) in [5.41, 5.74) is 6.35. The predicted molar refractivity (Wildman–Crippen MR) is 98.0 cm³/mol. The van der Waals surface area contributed by atoms with Gasteiger partial charge in [0.05, 0.1) is 5.39 Å². The Balaban J connectivity index is 1.63. The van der Waals surface area contributed by atoms with Crippen molar-refractivity contribution in [2.24, 2.45) is 5.73 Å². The lowest BCUT2D eigenvalue weighted by Gasteiger charge is -2.27. The number of fused-ring (bicyclic) bond motifs is 5. The van der Waals surface area contributed by atoms with Crippen LogP contribution in [0.3, 0.4) is 0 Å². The van der Waals surface area contributed by atoms with Crippen molar-refractivity contribution in [3.63, 3.8) is 0 Å². The summed E-state index contributed by atoms with van der Waals surface area (Å²) < 4.78 is 63.0. The molecule has 1 aromatic heterocycles. The summed E-state index contributed by atoms with van der Waals surface area (Å²) in [5.74, 6) is 0.664. The highest BCUT2D eigenvalue weighted by Crippen LogP contribution is 2.74. The first kappa shape index (κ1) is 17.5. The minimum Gasteiger partial charge on any atom is -0.459 e. The van der Waals surface area contributed by atoms with Crippen LogP contribution < -0.4 is 38.4 Å². The molecule has 3 atom stereocenters. The molecule has 0 fully saturated rings. The molecule has 0 aliphatic carbocycles. The van der Waals surface area contributed by atoms with Crippen molar-refractivity contribution >= 4 is 32.2 Å². The van der Waals surface area contributed by atoms with Crippen LogP contribution in [0.4, 0.5) is 5.69 Å². The van der Waals surface area contributed by atoms with Crippen LogP contribution in [-0.2, 0) is 13.7 Å². The van der Waals surface area contributed by atoms with Crippen molar-refractivity contribution < 1.29 is 41.0 Å². The maximum absolute atomic E-state index is 12.9. The van der Waals surface area contributed by atoms with Crippen molar-refractivity contribution in [2.75, 3.05) is 18.7 Å². The molecule has 3 unspecified atom stereocenters. The second-order valence-corrected chi connectivity index (χ2v) is 9.84. The Kier molecular flexibility index (Phi) is 3.38. The summed E-state index contributed by atoms with van der Waals surface area (Å²) in [6.07, 6.45) is 1.56. The Morgan fingerprint density at radius 2 is 1.76 bits per heavy atom. The quantitative estimate of drug-likeness (QED) is 0.653. The molecule has 14 heteroatoms. The van der Waals surface area contributed by atoms with Gasteiger partial charge in [0, 0.05) is 6.04 Å². The number of hydrogen-bond donors (Lipinski definition) is 2. The number of pyridine rings is 1. The molecular weight excluding hydrogens is 428 g/mol. The van der Waals surface area contributed by atoms with Crippen LogP contribution in [0.2, 0.25) is 0 Å². The molecule has 12 nitrogen and oxygen atoms in total. The molecule has 1 aromatic carbocycles. The molecule has 2 aromatic rings. The number of nitrogens with zero attached hydrogens (tertiary/aromatic N) is 1. The van der Waals surface area contributed by atoms with E-state index in [0.29, 0.717) is 17.7 Å². The third kappa shape index (κ3) is 2.37. The fourth-order valence-corrected chi connectivity index (χ4v) is 5.95. The number of nitrogens with one attached hydrogen (secondary N) is 1. The van der Waals surface area contributed by atoms with Crippen LogP contribution in [0.5, 0.6) is 34.6 Å². The fourth-order valence-electron chi connectivity index (χ4n) is 3.60. The highest BCUT2D eigenvalue weighted by Gasteiger charge is 2.55. The average molecular weight is 443 g/mol. The van der Waals surface area contributed by atoms with Gasteiger partial charge in [0.25, 0.3) is 5.88 Å². The van der Waals surface area contributed by atoms with E-state index in [-0.39, 0.29) is 52.8 Å². The highest BCUT2D eigenvalue weighted by molar-refractivity contribution is 7.50. The van der Waals surface area contributed by atoms with E-state index in [4.69, 9.17) is 37.6 Å². The van der Waals surface area contributed by atoms with Gasteiger partial charge in [-0.2, -0.15) is 4.57 Å². The molecule has 29 heavy (non-hydrogen) atoms. The standard InChI is InChI=1S/C15H15N3O9P2/c1-6(3-2-4-16)17-9-8-7(11-14-15(18-8)27-29(20,24-11)26-14)10-13-12(9)25-28(19,23-10)22-5-21-13/h6,17H,2-5,16H2,1H3. The predicted octanol–water partition coefficient (Wildman–Crippen LogP) is 3.29. The first-order chi connectivity index (χ1) is 13.9. The zero-order valence-electron chi connectivity index (χ0n) is 15.0. The maximum Gasteiger partial charge on any atom is 0.648 e. The Morgan fingerprint density at radius 3 is 2.55 bits per heavy atom. The van der Waals surface area contributed by atoms with Crippen LogP contribution in [0, 0.1) is 0 Å². The monoisotopic (exact) mass is 443 g/mol. The Labute approximate surface area is 163 Å². The number of benzene rings is 1. The minimum atomic E-state index is -3.97. The summed E-state index contributed by atoms with van der Waals surface area (Å²) in [4.78, 5) is 4.44. The van der Waals surface area contributed by atoms with Crippen LogP contribution in [0.1, 0.15) is 19.8 Å². The summed E-state index contributed by atoms with van der Waals surface area (Å²) in [6.45, 7) is 2.18. The van der Waals surface area contributed by atoms with Gasteiger partial charge in [-0.25, -0.2) is 14.1 Å². The van der Waals surface area contributed by atoms with Gasteiger partial charge in [0.15, 0.2) is 11.5 Å². The van der Waals surface area contributed by atoms with Crippen molar-refractivity contribution in [3.05, 3.63) is 0 Å². The van der Waals surface area contributed by atoms with Gasteiger partial charge < -0.3 is 38.4 Å². The molecule has 154 valence electrons. The normalized spacial score (nSPS) is 27.8. The summed E-state index contributed by atoms with van der Waals surface area (Å²) in [6, 6.07) is -0.0326. The minimum absolute atomic E-state index is 0.0326. The van der Waals surface area contributed by atoms with E-state index in [2.05, 4.69) is 10.3 Å². The topological polar surface area (TPSA) is 150 Å². The third-order valence-electron chi connectivity index (χ3n) is 4.84. The van der Waals surface area contributed by atoms with Gasteiger partial charge >= 0.3 is 15.6 Å². The van der Waals surface area contributed by atoms with E-state index in [1.165, 1.54) is 0 Å². The van der Waals surface area contributed by atoms with Crippen molar-refractivity contribution in [1.82, 2.24) is 4.98 Å². The lowest BCUT2D eigenvalue weighted by molar-refractivity contribution is 0.117. The molecule has 0 spiro atoms. The molecular formula is C15H15N3O9P2. The lowest BCUT2D eigenvalue weighted by Crippen LogP contribution is -2.19. The molecule has 0 saturated carbocycles. The number of phosphoric ester groups is 2. The average Bonchev–Trinajstić information content (AvgIpc) is 3.04. The van der Waals surface area contributed by atoms with Crippen LogP contribution >= 0.6 is 15.6 Å². The highest BCUT2D eigenvalue weighted by atomic mass is 31.2. The molecule has 6 heterocycles. The molecule has 5 aliphatic heterocycles. The van der Waals surface area contributed by atoms with E-state index in [1.54, 1.807) is 0 Å². The van der Waals surface area contributed by atoms with E-state index >= 15 is 0 Å². The number of aromatic nitrogens is 1. The summed E-state index contributed by atoms with van der Waals surface area (Å²) in [7, 11) is -7.77. The Morgan fingerprint density at radius 1 is 1.03 bits per heavy atom. The molecule has 0 radical (unpaired) electrons. The number of phosphoric acid groups is 2. The SMILES string of the molecule is CC(CCCN)Nc1c2c3c(c4c5c6c(nc14)OP(=O)(O6)O5)OP(=O)(OCO3)O2. The van der Waals surface area contributed by atoms with E-state index in [0.717, 1.165) is 12.8 Å². The van der Waals surface area contributed by atoms with Gasteiger partial charge in [-0.3, -0.25) is 0 Å². The second-order valence-electron chi connectivity index (χ2n) is 6.88. The summed E-state index contributed by atoms with van der Waals surface area (Å²) in [5, 5.41) is 3.59. The third-order valence-corrected chi connectivity index (χ3v) is 7.28. The van der Waals surface area contributed by atoms with Crippen LogP contribution in [0.25, 0.3) is 10.9 Å². The molecule has 3 N–H and O–H groups in total. The number of nitrogens with two attached hydrogens (primary N) is 1. The van der Waals surface area contributed by atoms with Gasteiger partial charge in [-0.1, -0.05) is 0 Å². The Hall–Kier alpha value is -2.39. The second kappa shape index (κ2) is 5.60. The van der Waals surface area contributed by atoms with E-state index < -0.39 is 15.6 Å². The Bertz CT molecular complexity index is 1190. The van der Waals surface area contributed by atoms with Gasteiger partial charge in [0.1, 0.15) is 11.2 Å². The zero-order chi connectivity index (χ0) is 20.0.